The number of primary amides is 1. The number of nitriles is 1. The van der Waals surface area contributed by atoms with Gasteiger partial charge in [0.2, 0.25) is 17.7 Å². The van der Waals surface area contributed by atoms with Crippen LogP contribution in [0, 0.1) is 11.3 Å². The van der Waals surface area contributed by atoms with Gasteiger partial charge in [-0.15, -0.1) is 0 Å². The summed E-state index contributed by atoms with van der Waals surface area (Å²) in [5.74, 6) is -0.171. The fraction of sp³-hybridized carbons (Fsp3) is 0.0526. The van der Waals surface area contributed by atoms with Gasteiger partial charge in [0.1, 0.15) is 39.7 Å². The standard InChI is InChI=1S/C19H13ClN4O3.C19H15N5O3.C19H13N5O2/c2*1-24-15(9-10-21-24)18(26)22-12-7-5-11(6-8-12)19-23-14-4-2-3-13(17(20)25)16(14)27-19;1-24-16(9-10-21-24)18(25)22-14-7-5-12(6-8-14)19-23-15-4-2-3-13(11-20)17(15)26-19/h2-10H,1H3,(H,22,26);2-10H,1H3,(H2,20,25)(H,22,26);2-10H,1H3,(H,22,25). The number of nitrogens with two attached hydrogens (primary N) is 1. The highest BCUT2D eigenvalue weighted by molar-refractivity contribution is 6.68. The number of hydrogen-bond donors (Lipinski definition) is 4. The molecule has 0 aliphatic heterocycles. The van der Waals surface area contributed by atoms with Crippen molar-refractivity contribution in [3.8, 4) is 40.4 Å². The number of carbonyl (C=O) groups is 5. The zero-order chi connectivity index (χ0) is 56.0. The number of hydrogen-bond acceptors (Lipinski definition) is 15. The number of halogens is 1. The van der Waals surface area contributed by atoms with Crippen molar-refractivity contribution in [2.45, 2.75) is 0 Å². The fourth-order valence-electron chi connectivity index (χ4n) is 8.12. The summed E-state index contributed by atoms with van der Waals surface area (Å²) in [7, 11) is 5.11. The maximum Gasteiger partial charge on any atom is 0.273 e. The monoisotopic (exact) mass is 1080 g/mol. The number of aromatic nitrogens is 9. The number of nitrogens with one attached hydrogen (secondary N) is 3. The number of aryl methyl sites for hydroxylation is 3. The van der Waals surface area contributed by atoms with Crippen LogP contribution in [-0.2, 0) is 21.1 Å². The Kier molecular flexibility index (Phi) is 14.7. The van der Waals surface area contributed by atoms with E-state index in [4.69, 9.17) is 35.8 Å². The summed E-state index contributed by atoms with van der Waals surface area (Å²) >= 11 is 5.59. The van der Waals surface area contributed by atoms with Crippen LogP contribution in [0.1, 0.15) is 57.7 Å². The van der Waals surface area contributed by atoms with Crippen molar-refractivity contribution < 1.29 is 37.2 Å². The number of fused-ring (bicyclic) bond motifs is 3. The summed E-state index contributed by atoms with van der Waals surface area (Å²) in [5, 5.41) is 28.9. The average Bonchev–Trinajstić information content (AvgIpc) is 4.37. The van der Waals surface area contributed by atoms with E-state index in [9.17, 15) is 24.0 Å². The first-order valence-corrected chi connectivity index (χ1v) is 24.4. The van der Waals surface area contributed by atoms with Gasteiger partial charge in [0.25, 0.3) is 28.9 Å². The highest BCUT2D eigenvalue weighted by Gasteiger charge is 2.19. The minimum atomic E-state index is -0.600. The molecule has 0 aliphatic carbocycles. The zero-order valence-corrected chi connectivity index (χ0v) is 43.0. The second-order valence-electron chi connectivity index (χ2n) is 17.4. The summed E-state index contributed by atoms with van der Waals surface area (Å²) < 4.78 is 21.7. The SMILES string of the molecule is Cn1nccc1C(=O)Nc1ccc(-c2nc3cccc(C#N)c3o2)cc1.Cn1nccc1C(=O)Nc1ccc(-c2nc3cccc(C(=O)Cl)c3o2)cc1.Cn1nccc1C(=O)Nc1ccc(-c2nc3cccc(C(N)=O)c3o2)cc1. The molecule has 23 heteroatoms. The van der Waals surface area contributed by atoms with Crippen molar-refractivity contribution in [2.24, 2.45) is 26.9 Å². The van der Waals surface area contributed by atoms with Gasteiger partial charge in [-0.3, -0.25) is 38.0 Å². The molecule has 6 aromatic heterocycles. The zero-order valence-electron chi connectivity index (χ0n) is 42.3. The molecule has 0 saturated heterocycles. The van der Waals surface area contributed by atoms with Crippen molar-refractivity contribution in [3.63, 3.8) is 0 Å². The number of benzene rings is 6. The first-order valence-electron chi connectivity index (χ1n) is 24.0. The Balaban J connectivity index is 0.000000135. The van der Waals surface area contributed by atoms with Crippen LogP contribution >= 0.6 is 11.6 Å². The topological polar surface area (TPSA) is 303 Å². The smallest absolute Gasteiger partial charge is 0.273 e. The lowest BCUT2D eigenvalue weighted by atomic mass is 10.2. The quantitative estimate of drug-likeness (QED) is 0.0876. The second kappa shape index (κ2) is 22.5. The van der Waals surface area contributed by atoms with Crippen LogP contribution in [0.15, 0.2) is 177 Å². The molecular formula is C57H41ClN14O8. The fourth-order valence-corrected chi connectivity index (χ4v) is 8.27. The third-order valence-electron chi connectivity index (χ3n) is 12.2. The van der Waals surface area contributed by atoms with Crippen LogP contribution in [0.4, 0.5) is 17.1 Å². The summed E-state index contributed by atoms with van der Waals surface area (Å²) in [6, 6.07) is 43.5. The Morgan fingerprint density at radius 3 is 1.15 bits per heavy atom. The molecule has 5 N–H and O–H groups in total. The molecule has 6 heterocycles. The number of nitrogens with zero attached hydrogens (tertiary/aromatic N) is 10. The number of oxazole rings is 3. The van der Waals surface area contributed by atoms with Crippen LogP contribution in [0.5, 0.6) is 0 Å². The van der Waals surface area contributed by atoms with Gasteiger partial charge in [-0.25, -0.2) is 15.0 Å². The molecule has 4 amide bonds. The molecule has 80 heavy (non-hydrogen) atoms. The lowest BCUT2D eigenvalue weighted by Crippen LogP contribution is -2.15. The number of amides is 4. The van der Waals surface area contributed by atoms with Gasteiger partial charge >= 0.3 is 0 Å². The molecule has 0 fully saturated rings. The van der Waals surface area contributed by atoms with Crippen molar-refractivity contribution in [1.82, 2.24) is 44.3 Å². The molecule has 0 atom stereocenters. The Morgan fingerprint density at radius 1 is 0.475 bits per heavy atom. The van der Waals surface area contributed by atoms with Gasteiger partial charge in [-0.2, -0.15) is 20.6 Å². The van der Waals surface area contributed by atoms with E-state index in [-0.39, 0.29) is 28.8 Å². The molecule has 6 aromatic carbocycles. The van der Waals surface area contributed by atoms with Gasteiger partial charge in [0.15, 0.2) is 16.7 Å². The number of rotatable bonds is 11. The summed E-state index contributed by atoms with van der Waals surface area (Å²) in [5.41, 5.74) is 14.7. The highest BCUT2D eigenvalue weighted by atomic mass is 35.5. The maximum atomic E-state index is 12.2. The molecule has 0 bridgehead atoms. The number of carbonyl (C=O) groups excluding carboxylic acids is 5. The van der Waals surface area contributed by atoms with Crippen LogP contribution in [-0.4, -0.2) is 73.2 Å². The van der Waals surface area contributed by atoms with Crippen molar-refractivity contribution in [3.05, 3.63) is 198 Å². The first-order chi connectivity index (χ1) is 38.7. The average molecular weight is 1090 g/mol. The normalized spacial score (nSPS) is 10.8. The van der Waals surface area contributed by atoms with Gasteiger partial charge < -0.3 is 34.9 Å². The van der Waals surface area contributed by atoms with Crippen molar-refractivity contribution in [1.29, 1.82) is 5.26 Å². The summed E-state index contributed by atoms with van der Waals surface area (Å²) in [4.78, 5) is 72.9. The van der Waals surface area contributed by atoms with Crippen LogP contribution in [0.2, 0.25) is 0 Å². The van der Waals surface area contributed by atoms with E-state index < -0.39 is 11.1 Å². The molecule has 0 unspecified atom stereocenters. The molecule has 0 saturated carbocycles. The van der Waals surface area contributed by atoms with E-state index in [0.717, 1.165) is 5.56 Å². The Bertz CT molecular complexity index is 4170. The Morgan fingerprint density at radius 2 is 0.812 bits per heavy atom. The number of anilines is 3. The Labute approximate surface area is 457 Å². The third-order valence-corrected chi connectivity index (χ3v) is 12.4. The van der Waals surface area contributed by atoms with Gasteiger partial charge in [0.05, 0.1) is 16.7 Å². The van der Waals surface area contributed by atoms with Gasteiger partial charge in [0, 0.05) is 73.5 Å². The molecular weight excluding hydrogens is 1040 g/mol. The van der Waals surface area contributed by atoms with Gasteiger partial charge in [-0.05, 0) is 139 Å². The van der Waals surface area contributed by atoms with Gasteiger partial charge in [-0.1, -0.05) is 18.2 Å². The Hall–Kier alpha value is -11.3. The molecule has 0 aliphatic rings. The molecule has 0 radical (unpaired) electrons. The second-order valence-corrected chi connectivity index (χ2v) is 17.7. The molecule has 12 rings (SSSR count). The molecule has 12 aromatic rings. The minimum absolute atomic E-state index is 0.238. The predicted molar refractivity (Wildman–Crippen MR) is 295 cm³/mol. The van der Waals surface area contributed by atoms with E-state index in [1.807, 2.05) is 0 Å². The largest absolute Gasteiger partial charge is 0.435 e. The van der Waals surface area contributed by atoms with Crippen molar-refractivity contribution >= 4 is 90.8 Å². The molecule has 22 nitrogen and oxygen atoms in total. The van der Waals surface area contributed by atoms with Crippen LogP contribution in [0.3, 0.4) is 0 Å². The molecule has 0 spiro atoms. The van der Waals surface area contributed by atoms with Crippen molar-refractivity contribution in [2.75, 3.05) is 16.0 Å². The van der Waals surface area contributed by atoms with Crippen LogP contribution < -0.4 is 21.7 Å². The van der Waals surface area contributed by atoms with E-state index in [2.05, 4.69) is 52.3 Å². The lowest BCUT2D eigenvalue weighted by Gasteiger charge is -2.05. The number of para-hydroxylation sites is 3. The van der Waals surface area contributed by atoms with E-state index in [1.54, 1.807) is 185 Å². The first kappa shape index (κ1) is 52.1. The van der Waals surface area contributed by atoms with E-state index in [0.29, 0.717) is 102 Å². The van der Waals surface area contributed by atoms with E-state index >= 15 is 0 Å². The lowest BCUT2D eigenvalue weighted by molar-refractivity contribution is 0.0995. The third kappa shape index (κ3) is 11.1. The van der Waals surface area contributed by atoms with Crippen LogP contribution in [0.25, 0.3) is 67.7 Å². The summed E-state index contributed by atoms with van der Waals surface area (Å²) in [6.45, 7) is 0. The highest BCUT2D eigenvalue weighted by Crippen LogP contribution is 2.31. The maximum absolute atomic E-state index is 12.2. The van der Waals surface area contributed by atoms with E-state index in [1.165, 1.54) is 14.0 Å². The predicted octanol–water partition coefficient (Wildman–Crippen LogP) is 9.79. The summed E-state index contributed by atoms with van der Waals surface area (Å²) in [6.07, 6.45) is 4.69. The molecule has 394 valence electrons. The minimum Gasteiger partial charge on any atom is -0.435 e.